The number of anilines is 1. The molecule has 0 spiro atoms. The van der Waals surface area contributed by atoms with Crippen LogP contribution in [0.15, 0.2) is 47.8 Å². The Balaban J connectivity index is 1.49. The first kappa shape index (κ1) is 29.6. The molecule has 0 bridgehead atoms. The van der Waals surface area contributed by atoms with Gasteiger partial charge in [0.2, 0.25) is 11.8 Å². The third kappa shape index (κ3) is 9.10. The van der Waals surface area contributed by atoms with Gasteiger partial charge < -0.3 is 25.0 Å². The second-order valence-electron chi connectivity index (χ2n) is 9.60. The number of methoxy groups -OCH3 is 2. The quantitative estimate of drug-likeness (QED) is 0.330. The van der Waals surface area contributed by atoms with Crippen LogP contribution in [-0.2, 0) is 22.4 Å². The molecule has 1 aromatic heterocycles. The van der Waals surface area contributed by atoms with Gasteiger partial charge in [-0.3, -0.25) is 14.4 Å². The molecule has 3 amide bonds. The number of ether oxygens (including phenoxy) is 2. The van der Waals surface area contributed by atoms with Gasteiger partial charge in [0, 0.05) is 24.0 Å². The Kier molecular flexibility index (Phi) is 10.9. The molecular weight excluding hydrogens is 516 g/mol. The van der Waals surface area contributed by atoms with Crippen LogP contribution in [0.3, 0.4) is 0 Å². The number of carbonyl (C=O) groups is 3. The van der Waals surface area contributed by atoms with Crippen molar-refractivity contribution in [2.24, 2.45) is 5.92 Å². The van der Waals surface area contributed by atoms with Gasteiger partial charge >= 0.3 is 0 Å². The topological polar surface area (TPSA) is 110 Å². The first-order valence-corrected chi connectivity index (χ1v) is 13.6. The molecule has 39 heavy (non-hydrogen) atoms. The summed E-state index contributed by atoms with van der Waals surface area (Å²) in [4.78, 5) is 44.1. The molecule has 0 radical (unpaired) electrons. The molecule has 3 rings (SSSR count). The standard InChI is InChI=1S/C29H36N4O5S/c1-19(2)16-33(28(36)22-9-6-20(3)7-10-22)17-27(35)32-29-31-23(18-39-29)15-26(34)30-13-12-21-8-11-24(37-4)25(14-21)38-5/h6-11,14,18-19H,12-13,15-17H2,1-5H3,(H,30,34)(H,31,32,35). The van der Waals surface area contributed by atoms with Crippen LogP contribution in [0, 0.1) is 12.8 Å². The van der Waals surface area contributed by atoms with E-state index >= 15 is 0 Å². The number of amides is 3. The van der Waals surface area contributed by atoms with Crippen LogP contribution in [0.2, 0.25) is 0 Å². The van der Waals surface area contributed by atoms with E-state index in [0.29, 0.717) is 47.4 Å². The molecule has 10 heteroatoms. The van der Waals surface area contributed by atoms with E-state index in [1.165, 1.54) is 11.3 Å². The second kappa shape index (κ2) is 14.3. The molecule has 0 unspecified atom stereocenters. The van der Waals surface area contributed by atoms with Crippen LogP contribution >= 0.6 is 11.3 Å². The first-order valence-electron chi connectivity index (χ1n) is 12.8. The second-order valence-corrected chi connectivity index (χ2v) is 10.5. The normalized spacial score (nSPS) is 10.7. The number of carbonyl (C=O) groups excluding carboxylic acids is 3. The number of aryl methyl sites for hydroxylation is 1. The zero-order valence-electron chi connectivity index (χ0n) is 23.1. The van der Waals surface area contributed by atoms with Gasteiger partial charge in [-0.2, -0.15) is 0 Å². The molecule has 0 saturated carbocycles. The molecule has 0 atom stereocenters. The van der Waals surface area contributed by atoms with E-state index in [9.17, 15) is 14.4 Å². The average molecular weight is 553 g/mol. The molecule has 0 fully saturated rings. The predicted molar refractivity (Wildman–Crippen MR) is 153 cm³/mol. The van der Waals surface area contributed by atoms with Gasteiger partial charge in [-0.25, -0.2) is 4.98 Å². The first-order chi connectivity index (χ1) is 18.7. The summed E-state index contributed by atoms with van der Waals surface area (Å²) in [6, 6.07) is 13.0. The van der Waals surface area contributed by atoms with Crippen molar-refractivity contribution < 1.29 is 23.9 Å². The Morgan fingerprint density at radius 3 is 2.38 bits per heavy atom. The lowest BCUT2D eigenvalue weighted by Crippen LogP contribution is -2.40. The fourth-order valence-electron chi connectivity index (χ4n) is 3.93. The maximum atomic E-state index is 13.0. The number of nitrogens with one attached hydrogen (secondary N) is 2. The van der Waals surface area contributed by atoms with E-state index in [1.54, 1.807) is 36.6 Å². The molecule has 0 saturated heterocycles. The monoisotopic (exact) mass is 552 g/mol. The zero-order valence-corrected chi connectivity index (χ0v) is 23.9. The minimum absolute atomic E-state index is 0.0869. The lowest BCUT2D eigenvalue weighted by molar-refractivity contribution is -0.120. The van der Waals surface area contributed by atoms with E-state index in [2.05, 4.69) is 15.6 Å². The van der Waals surface area contributed by atoms with Crippen LogP contribution < -0.4 is 20.1 Å². The Morgan fingerprint density at radius 1 is 1.00 bits per heavy atom. The molecule has 0 aliphatic rings. The summed E-state index contributed by atoms with van der Waals surface area (Å²) in [6.07, 6.45) is 0.738. The average Bonchev–Trinajstić information content (AvgIpc) is 3.34. The van der Waals surface area contributed by atoms with E-state index in [1.807, 2.05) is 51.1 Å². The third-order valence-corrected chi connectivity index (χ3v) is 6.64. The lowest BCUT2D eigenvalue weighted by Gasteiger charge is -2.24. The molecule has 9 nitrogen and oxygen atoms in total. The Bertz CT molecular complexity index is 1270. The minimum atomic E-state index is -0.337. The molecule has 2 N–H and O–H groups in total. The summed E-state index contributed by atoms with van der Waals surface area (Å²) in [5, 5.41) is 7.79. The highest BCUT2D eigenvalue weighted by atomic mass is 32.1. The van der Waals surface area contributed by atoms with Gasteiger partial charge in [-0.1, -0.05) is 37.6 Å². The van der Waals surface area contributed by atoms with Gasteiger partial charge in [0.15, 0.2) is 16.6 Å². The number of nitrogens with zero attached hydrogens (tertiary/aromatic N) is 2. The van der Waals surface area contributed by atoms with Crippen molar-refractivity contribution in [1.82, 2.24) is 15.2 Å². The summed E-state index contributed by atoms with van der Waals surface area (Å²) < 4.78 is 10.6. The number of benzene rings is 2. The van der Waals surface area contributed by atoms with Crippen LogP contribution in [0.5, 0.6) is 11.5 Å². The number of hydrogen-bond donors (Lipinski definition) is 2. The summed E-state index contributed by atoms with van der Waals surface area (Å²) >= 11 is 1.24. The molecule has 208 valence electrons. The highest BCUT2D eigenvalue weighted by molar-refractivity contribution is 7.13. The van der Waals surface area contributed by atoms with Gasteiger partial charge in [0.25, 0.3) is 5.91 Å². The smallest absolute Gasteiger partial charge is 0.254 e. The van der Waals surface area contributed by atoms with Crippen LogP contribution in [0.25, 0.3) is 0 Å². The summed E-state index contributed by atoms with van der Waals surface area (Å²) in [7, 11) is 3.17. The Morgan fingerprint density at radius 2 is 1.72 bits per heavy atom. The van der Waals surface area contributed by atoms with Gasteiger partial charge in [-0.15, -0.1) is 11.3 Å². The highest BCUT2D eigenvalue weighted by Crippen LogP contribution is 2.27. The van der Waals surface area contributed by atoms with Crippen molar-refractivity contribution in [3.8, 4) is 11.5 Å². The SMILES string of the molecule is COc1ccc(CCNC(=O)Cc2csc(NC(=O)CN(CC(C)C)C(=O)c3ccc(C)cc3)n2)cc1OC. The Labute approximate surface area is 233 Å². The fraction of sp³-hybridized carbons (Fsp3) is 0.379. The summed E-state index contributed by atoms with van der Waals surface area (Å²) in [5.41, 5.74) is 3.18. The van der Waals surface area contributed by atoms with Gasteiger partial charge in [0.1, 0.15) is 6.54 Å². The number of aromatic nitrogens is 1. The fourth-order valence-corrected chi connectivity index (χ4v) is 4.65. The van der Waals surface area contributed by atoms with E-state index in [0.717, 1.165) is 11.1 Å². The van der Waals surface area contributed by atoms with E-state index in [-0.39, 0.29) is 36.6 Å². The van der Waals surface area contributed by atoms with Gasteiger partial charge in [0.05, 0.1) is 26.3 Å². The third-order valence-electron chi connectivity index (χ3n) is 5.83. The molecule has 1 heterocycles. The molecule has 2 aromatic carbocycles. The van der Waals surface area contributed by atoms with Crippen LogP contribution in [0.4, 0.5) is 5.13 Å². The van der Waals surface area contributed by atoms with Crippen molar-refractivity contribution in [3.63, 3.8) is 0 Å². The van der Waals surface area contributed by atoms with E-state index in [4.69, 9.17) is 9.47 Å². The maximum Gasteiger partial charge on any atom is 0.254 e. The van der Waals surface area contributed by atoms with Gasteiger partial charge in [-0.05, 0) is 49.1 Å². The number of thiazole rings is 1. The van der Waals surface area contributed by atoms with E-state index < -0.39 is 0 Å². The minimum Gasteiger partial charge on any atom is -0.493 e. The molecule has 3 aromatic rings. The molecule has 0 aliphatic heterocycles. The highest BCUT2D eigenvalue weighted by Gasteiger charge is 2.21. The van der Waals surface area contributed by atoms with Crippen molar-refractivity contribution in [1.29, 1.82) is 0 Å². The van der Waals surface area contributed by atoms with Crippen LogP contribution in [0.1, 0.15) is 41.0 Å². The predicted octanol–water partition coefficient (Wildman–Crippen LogP) is 4.11. The molecule has 0 aliphatic carbocycles. The number of hydrogen-bond acceptors (Lipinski definition) is 7. The summed E-state index contributed by atoms with van der Waals surface area (Å²) in [5.74, 6) is 0.807. The van der Waals surface area contributed by atoms with Crippen molar-refractivity contribution in [3.05, 3.63) is 70.2 Å². The molecular formula is C29H36N4O5S. The lowest BCUT2D eigenvalue weighted by atomic mass is 10.1. The van der Waals surface area contributed by atoms with Crippen molar-refractivity contribution in [2.45, 2.75) is 33.6 Å². The largest absolute Gasteiger partial charge is 0.493 e. The van der Waals surface area contributed by atoms with Crippen molar-refractivity contribution >= 4 is 34.2 Å². The Hall–Kier alpha value is -3.92. The van der Waals surface area contributed by atoms with Crippen molar-refractivity contribution in [2.75, 3.05) is 39.2 Å². The maximum absolute atomic E-state index is 13.0. The summed E-state index contributed by atoms with van der Waals surface area (Å²) in [6.45, 7) is 6.78. The van der Waals surface area contributed by atoms with Crippen LogP contribution in [-0.4, -0.2) is 61.5 Å². The zero-order chi connectivity index (χ0) is 28.4. The number of rotatable bonds is 13.